The standard InChI is InChI=1S/C27H21F6NO4/c28-26(29,30)20-10-16(11-21(13-20)27(31,32)33)9-19-6-5-18-12-22(7-8-23(18)24(19)35)38-14-15-1-3-17(4-2-15)25(36)34-37/h1-4,7-8,10-13,19,37H,5-6,9,14H2,(H,34,36). The van der Waals surface area contributed by atoms with E-state index < -0.39 is 35.3 Å². The van der Waals surface area contributed by atoms with E-state index in [0.717, 1.165) is 5.56 Å². The molecule has 4 rings (SSSR count). The lowest BCUT2D eigenvalue weighted by Crippen LogP contribution is -2.25. The zero-order valence-electron chi connectivity index (χ0n) is 19.6. The first kappa shape index (κ1) is 27.2. The molecule has 0 aromatic heterocycles. The molecule has 0 aliphatic heterocycles. The summed E-state index contributed by atoms with van der Waals surface area (Å²) in [4.78, 5) is 24.4. The number of amides is 1. The first-order valence-electron chi connectivity index (χ1n) is 11.5. The fourth-order valence-corrected chi connectivity index (χ4v) is 4.39. The average Bonchev–Trinajstić information content (AvgIpc) is 2.87. The van der Waals surface area contributed by atoms with Gasteiger partial charge in [0.1, 0.15) is 12.4 Å². The van der Waals surface area contributed by atoms with Gasteiger partial charge in [0.05, 0.1) is 11.1 Å². The molecule has 1 amide bonds. The van der Waals surface area contributed by atoms with Crippen molar-refractivity contribution in [2.45, 2.75) is 38.2 Å². The van der Waals surface area contributed by atoms with E-state index in [2.05, 4.69) is 0 Å². The Bertz CT molecular complexity index is 1320. The van der Waals surface area contributed by atoms with Gasteiger partial charge in [0.2, 0.25) is 0 Å². The number of carbonyl (C=O) groups excluding carboxylic acids is 2. The first-order chi connectivity index (χ1) is 17.8. The number of hydroxylamine groups is 1. The molecule has 0 saturated heterocycles. The number of rotatable bonds is 6. The van der Waals surface area contributed by atoms with Gasteiger partial charge in [0.15, 0.2) is 5.78 Å². The van der Waals surface area contributed by atoms with E-state index >= 15 is 0 Å². The maximum absolute atomic E-state index is 13.2. The predicted octanol–water partition coefficient (Wildman–Crippen LogP) is 6.41. The number of hydrogen-bond acceptors (Lipinski definition) is 4. The monoisotopic (exact) mass is 537 g/mol. The number of hydrogen-bond donors (Lipinski definition) is 2. The van der Waals surface area contributed by atoms with Crippen LogP contribution in [0, 0.1) is 5.92 Å². The van der Waals surface area contributed by atoms with Gasteiger partial charge in [-0.15, -0.1) is 0 Å². The third kappa shape index (κ3) is 6.16. The lowest BCUT2D eigenvalue weighted by Gasteiger charge is -2.24. The van der Waals surface area contributed by atoms with Crippen molar-refractivity contribution in [3.63, 3.8) is 0 Å². The van der Waals surface area contributed by atoms with Crippen molar-refractivity contribution in [2.75, 3.05) is 0 Å². The van der Waals surface area contributed by atoms with Crippen molar-refractivity contribution in [2.24, 2.45) is 5.92 Å². The minimum Gasteiger partial charge on any atom is -0.489 e. The summed E-state index contributed by atoms with van der Waals surface area (Å²) in [7, 11) is 0. The summed E-state index contributed by atoms with van der Waals surface area (Å²) >= 11 is 0. The largest absolute Gasteiger partial charge is 0.489 e. The number of benzene rings is 3. The van der Waals surface area contributed by atoms with E-state index in [-0.39, 0.29) is 42.4 Å². The molecule has 1 unspecified atom stereocenters. The molecule has 0 fully saturated rings. The number of ether oxygens (including phenoxy) is 1. The van der Waals surface area contributed by atoms with Crippen LogP contribution in [-0.4, -0.2) is 16.9 Å². The van der Waals surface area contributed by atoms with E-state index in [1.54, 1.807) is 30.3 Å². The Hall–Kier alpha value is -3.86. The van der Waals surface area contributed by atoms with E-state index in [1.807, 2.05) is 0 Å². The number of ketones is 1. The van der Waals surface area contributed by atoms with Crippen LogP contribution < -0.4 is 10.2 Å². The fourth-order valence-electron chi connectivity index (χ4n) is 4.39. The fraction of sp³-hybridized carbons (Fsp3) is 0.259. The number of aryl methyl sites for hydroxylation is 1. The van der Waals surface area contributed by atoms with Crippen LogP contribution in [0.25, 0.3) is 0 Å². The highest BCUT2D eigenvalue weighted by Crippen LogP contribution is 2.38. The summed E-state index contributed by atoms with van der Waals surface area (Å²) in [5.41, 5.74) is 0.573. The summed E-state index contributed by atoms with van der Waals surface area (Å²) in [5, 5.41) is 8.67. The summed E-state index contributed by atoms with van der Waals surface area (Å²) < 4.78 is 84.9. The molecule has 0 bridgehead atoms. The first-order valence-corrected chi connectivity index (χ1v) is 11.5. The van der Waals surface area contributed by atoms with Gasteiger partial charge in [-0.05, 0) is 84.5 Å². The van der Waals surface area contributed by atoms with Crippen LogP contribution in [0.3, 0.4) is 0 Å². The molecule has 11 heteroatoms. The Morgan fingerprint density at radius 3 is 2.11 bits per heavy atom. The van der Waals surface area contributed by atoms with Crippen LogP contribution in [0.5, 0.6) is 5.75 Å². The molecular formula is C27H21F6NO4. The normalized spacial score (nSPS) is 15.7. The van der Waals surface area contributed by atoms with Crippen molar-refractivity contribution in [1.29, 1.82) is 0 Å². The van der Waals surface area contributed by atoms with E-state index in [1.165, 1.54) is 17.6 Å². The maximum Gasteiger partial charge on any atom is 0.416 e. The zero-order valence-corrected chi connectivity index (χ0v) is 19.6. The molecule has 200 valence electrons. The quantitative estimate of drug-likeness (QED) is 0.217. The summed E-state index contributed by atoms with van der Waals surface area (Å²) in [6, 6.07) is 12.5. The van der Waals surface area contributed by atoms with Gasteiger partial charge in [0, 0.05) is 17.0 Å². The number of fused-ring (bicyclic) bond motifs is 1. The minimum atomic E-state index is -4.95. The van der Waals surface area contributed by atoms with E-state index in [4.69, 9.17) is 9.94 Å². The molecule has 0 spiro atoms. The topological polar surface area (TPSA) is 75.6 Å². The van der Waals surface area contributed by atoms with Crippen LogP contribution in [0.4, 0.5) is 26.3 Å². The van der Waals surface area contributed by atoms with Gasteiger partial charge in [-0.2, -0.15) is 26.3 Å². The third-order valence-electron chi connectivity index (χ3n) is 6.33. The molecule has 1 atom stereocenters. The Labute approximate surface area is 213 Å². The molecule has 1 aliphatic rings. The second-order valence-corrected chi connectivity index (χ2v) is 8.96. The van der Waals surface area contributed by atoms with Gasteiger partial charge < -0.3 is 4.74 Å². The van der Waals surface area contributed by atoms with Crippen LogP contribution >= 0.6 is 0 Å². The second kappa shape index (κ2) is 10.5. The molecule has 3 aromatic rings. The number of halogens is 6. The molecule has 0 heterocycles. The Kier molecular flexibility index (Phi) is 7.50. The van der Waals surface area contributed by atoms with Gasteiger partial charge in [-0.1, -0.05) is 12.1 Å². The number of Topliss-reactive ketones (excluding diaryl/α,β-unsaturated/α-hetero) is 1. The van der Waals surface area contributed by atoms with Crippen molar-refractivity contribution < 1.29 is 45.9 Å². The molecular weight excluding hydrogens is 516 g/mol. The summed E-state index contributed by atoms with van der Waals surface area (Å²) in [5.74, 6) is -1.28. The highest BCUT2D eigenvalue weighted by atomic mass is 19.4. The van der Waals surface area contributed by atoms with Crippen molar-refractivity contribution in [1.82, 2.24) is 5.48 Å². The van der Waals surface area contributed by atoms with E-state index in [9.17, 15) is 35.9 Å². The molecule has 0 saturated carbocycles. The lowest BCUT2D eigenvalue weighted by molar-refractivity contribution is -0.143. The van der Waals surface area contributed by atoms with Crippen LogP contribution in [0.2, 0.25) is 0 Å². The average molecular weight is 537 g/mol. The molecule has 2 N–H and O–H groups in total. The zero-order chi connectivity index (χ0) is 27.7. The smallest absolute Gasteiger partial charge is 0.416 e. The van der Waals surface area contributed by atoms with Gasteiger partial charge in [0.25, 0.3) is 5.91 Å². The molecule has 3 aromatic carbocycles. The number of carbonyl (C=O) groups is 2. The molecule has 5 nitrogen and oxygen atoms in total. The van der Waals surface area contributed by atoms with Crippen molar-refractivity contribution in [3.8, 4) is 5.75 Å². The number of nitrogens with one attached hydrogen (secondary N) is 1. The highest BCUT2D eigenvalue weighted by Gasteiger charge is 2.37. The minimum absolute atomic E-state index is 0.0726. The van der Waals surface area contributed by atoms with Crippen LogP contribution in [-0.2, 0) is 31.8 Å². The molecule has 1 aliphatic carbocycles. The van der Waals surface area contributed by atoms with E-state index in [0.29, 0.717) is 35.4 Å². The summed E-state index contributed by atoms with van der Waals surface area (Å²) in [6.07, 6.45) is -9.48. The SMILES string of the molecule is O=C(NO)c1ccc(COc2ccc3c(c2)CCC(Cc2cc(C(F)(F)F)cc(C(F)(F)F)c2)C3=O)cc1. The Morgan fingerprint density at radius 1 is 0.895 bits per heavy atom. The lowest BCUT2D eigenvalue weighted by atomic mass is 9.79. The van der Waals surface area contributed by atoms with Gasteiger partial charge in [-0.25, -0.2) is 5.48 Å². The van der Waals surface area contributed by atoms with Crippen LogP contribution in [0.1, 0.15) is 55.0 Å². The maximum atomic E-state index is 13.2. The number of alkyl halides is 6. The van der Waals surface area contributed by atoms with Gasteiger partial charge in [-0.3, -0.25) is 14.8 Å². The molecule has 38 heavy (non-hydrogen) atoms. The third-order valence-corrected chi connectivity index (χ3v) is 6.33. The second-order valence-electron chi connectivity index (χ2n) is 8.96. The molecule has 0 radical (unpaired) electrons. The highest BCUT2D eigenvalue weighted by molar-refractivity contribution is 6.00. The summed E-state index contributed by atoms with van der Waals surface area (Å²) in [6.45, 7) is 0.160. The Morgan fingerprint density at radius 2 is 1.53 bits per heavy atom. The van der Waals surface area contributed by atoms with Crippen molar-refractivity contribution in [3.05, 3.63) is 99.6 Å². The van der Waals surface area contributed by atoms with Crippen LogP contribution in [0.15, 0.2) is 60.7 Å². The van der Waals surface area contributed by atoms with Crippen molar-refractivity contribution >= 4 is 11.7 Å². The predicted molar refractivity (Wildman–Crippen MR) is 123 cm³/mol. The Balaban J connectivity index is 1.46. The van der Waals surface area contributed by atoms with Gasteiger partial charge >= 0.3 is 12.4 Å².